The van der Waals surface area contributed by atoms with Gasteiger partial charge < -0.3 is 5.32 Å². The Balaban J connectivity index is 1.60. The molecule has 0 atom stereocenters. The predicted octanol–water partition coefficient (Wildman–Crippen LogP) is 3.99. The molecule has 0 saturated heterocycles. The summed E-state index contributed by atoms with van der Waals surface area (Å²) < 4.78 is 0. The van der Waals surface area contributed by atoms with Crippen molar-refractivity contribution in [3.05, 3.63) is 68.8 Å². The molecule has 0 heterocycles. The van der Waals surface area contributed by atoms with Crippen LogP contribution in [0.15, 0.2) is 36.4 Å². The lowest BCUT2D eigenvalue weighted by molar-refractivity contribution is -0.384. The number of nitrogens with one attached hydrogen (secondary N) is 1. The lowest BCUT2D eigenvalue weighted by Gasteiger charge is -2.08. The highest BCUT2D eigenvalue weighted by atomic mass is 16.6. The number of amides is 1. The average molecular weight is 352 g/mol. The molecule has 0 spiro atoms. The Kier molecular flexibility index (Phi) is 5.11. The van der Waals surface area contributed by atoms with Crippen molar-refractivity contribution in [2.75, 3.05) is 5.32 Å². The molecule has 26 heavy (non-hydrogen) atoms. The van der Waals surface area contributed by atoms with Gasteiger partial charge >= 0.3 is 0 Å². The lowest BCUT2D eigenvalue weighted by atomic mass is 10.0. The van der Waals surface area contributed by atoms with E-state index in [1.54, 1.807) is 13.0 Å². The third-order valence-electron chi connectivity index (χ3n) is 4.71. The Morgan fingerprint density at radius 1 is 1.08 bits per heavy atom. The third kappa shape index (κ3) is 3.96. The number of carbonyl (C=O) groups excluding carboxylic acids is 2. The van der Waals surface area contributed by atoms with E-state index >= 15 is 0 Å². The summed E-state index contributed by atoms with van der Waals surface area (Å²) in [4.78, 5) is 34.8. The molecule has 2 aromatic rings. The summed E-state index contributed by atoms with van der Waals surface area (Å²) in [7, 11) is 0. The highest BCUT2D eigenvalue weighted by Gasteiger charge is 2.16. The van der Waals surface area contributed by atoms with Gasteiger partial charge in [0.2, 0.25) is 5.91 Å². The van der Waals surface area contributed by atoms with Gasteiger partial charge in [0, 0.05) is 30.5 Å². The first kappa shape index (κ1) is 17.8. The molecule has 0 radical (unpaired) electrons. The molecule has 0 aliphatic heterocycles. The van der Waals surface area contributed by atoms with Gasteiger partial charge in [-0.1, -0.05) is 18.2 Å². The fourth-order valence-corrected chi connectivity index (χ4v) is 3.19. The van der Waals surface area contributed by atoms with Crippen LogP contribution in [0.5, 0.6) is 0 Å². The summed E-state index contributed by atoms with van der Waals surface area (Å²) in [5, 5.41) is 13.5. The molecule has 1 amide bonds. The minimum absolute atomic E-state index is 0.0397. The normalized spacial score (nSPS) is 12.5. The second kappa shape index (κ2) is 7.47. The number of hydrogen-bond acceptors (Lipinski definition) is 4. The number of nitro benzene ring substituents is 1. The van der Waals surface area contributed by atoms with E-state index < -0.39 is 4.92 Å². The maximum absolute atomic E-state index is 12.3. The van der Waals surface area contributed by atoms with E-state index in [0.29, 0.717) is 11.3 Å². The number of non-ortho nitro benzene ring substituents is 1. The summed E-state index contributed by atoms with van der Waals surface area (Å²) in [5.41, 5.74) is 4.22. The molecule has 0 bridgehead atoms. The Morgan fingerprint density at radius 3 is 2.62 bits per heavy atom. The van der Waals surface area contributed by atoms with Crippen LogP contribution in [-0.2, 0) is 17.6 Å². The number of aryl methyl sites for hydroxylation is 3. The number of nitrogens with zero attached hydrogens (tertiary/aromatic N) is 1. The maximum atomic E-state index is 12.3. The number of rotatable bonds is 6. The van der Waals surface area contributed by atoms with E-state index in [4.69, 9.17) is 0 Å². The van der Waals surface area contributed by atoms with E-state index in [-0.39, 0.29) is 30.2 Å². The van der Waals surface area contributed by atoms with Crippen molar-refractivity contribution in [3.8, 4) is 0 Å². The Bertz CT molecular complexity index is 889. The number of Topliss-reactive ketones (excluding diaryl/α,β-unsaturated/α-hetero) is 1. The van der Waals surface area contributed by atoms with E-state index in [9.17, 15) is 19.7 Å². The summed E-state index contributed by atoms with van der Waals surface area (Å²) in [5.74, 6) is -0.395. The third-order valence-corrected chi connectivity index (χ3v) is 4.71. The first-order valence-corrected chi connectivity index (χ1v) is 8.64. The minimum atomic E-state index is -0.507. The number of anilines is 1. The highest BCUT2D eigenvalue weighted by molar-refractivity contribution is 6.00. The SMILES string of the molecule is Cc1ccc([N+](=O)[O-])cc1NC(=O)CCC(=O)c1ccc2c(c1)CCC2. The van der Waals surface area contributed by atoms with Crippen molar-refractivity contribution in [2.24, 2.45) is 0 Å². The Labute approximate surface area is 151 Å². The van der Waals surface area contributed by atoms with Crippen LogP contribution in [0.25, 0.3) is 0 Å². The van der Waals surface area contributed by atoms with Gasteiger partial charge in [0.05, 0.1) is 10.6 Å². The smallest absolute Gasteiger partial charge is 0.271 e. The van der Waals surface area contributed by atoms with Gasteiger partial charge in [-0.15, -0.1) is 0 Å². The fourth-order valence-electron chi connectivity index (χ4n) is 3.19. The van der Waals surface area contributed by atoms with Crippen molar-refractivity contribution in [2.45, 2.75) is 39.0 Å². The van der Waals surface area contributed by atoms with Crippen LogP contribution in [0.2, 0.25) is 0 Å². The van der Waals surface area contributed by atoms with E-state index in [1.165, 1.54) is 23.3 Å². The molecule has 1 N–H and O–H groups in total. The first-order valence-electron chi connectivity index (χ1n) is 8.64. The Morgan fingerprint density at radius 2 is 1.85 bits per heavy atom. The number of fused-ring (bicyclic) bond motifs is 1. The van der Waals surface area contributed by atoms with E-state index in [2.05, 4.69) is 5.32 Å². The van der Waals surface area contributed by atoms with Gasteiger partial charge in [0.25, 0.3) is 5.69 Å². The van der Waals surface area contributed by atoms with E-state index in [0.717, 1.165) is 24.8 Å². The Hall–Kier alpha value is -3.02. The van der Waals surface area contributed by atoms with Crippen LogP contribution in [0.3, 0.4) is 0 Å². The van der Waals surface area contributed by atoms with Gasteiger partial charge in [-0.2, -0.15) is 0 Å². The molecule has 2 aromatic carbocycles. The zero-order chi connectivity index (χ0) is 18.7. The minimum Gasteiger partial charge on any atom is -0.326 e. The van der Waals surface area contributed by atoms with Crippen LogP contribution < -0.4 is 5.32 Å². The fraction of sp³-hybridized carbons (Fsp3) is 0.300. The lowest BCUT2D eigenvalue weighted by Crippen LogP contribution is -2.14. The molecular formula is C20H20N2O4. The topological polar surface area (TPSA) is 89.3 Å². The van der Waals surface area contributed by atoms with E-state index in [1.807, 2.05) is 18.2 Å². The van der Waals surface area contributed by atoms with Crippen molar-refractivity contribution in [1.82, 2.24) is 0 Å². The van der Waals surface area contributed by atoms with Gasteiger partial charge in [-0.05, 0) is 48.9 Å². The maximum Gasteiger partial charge on any atom is 0.271 e. The predicted molar refractivity (Wildman–Crippen MR) is 98.5 cm³/mol. The summed E-state index contributed by atoms with van der Waals surface area (Å²) in [6.07, 6.45) is 3.34. The first-order chi connectivity index (χ1) is 12.4. The molecular weight excluding hydrogens is 332 g/mol. The average Bonchev–Trinajstić information content (AvgIpc) is 3.09. The van der Waals surface area contributed by atoms with Crippen LogP contribution in [0.1, 0.15) is 46.3 Å². The van der Waals surface area contributed by atoms with Gasteiger partial charge in [-0.25, -0.2) is 0 Å². The van der Waals surface area contributed by atoms with Crippen LogP contribution >= 0.6 is 0 Å². The summed E-state index contributed by atoms with van der Waals surface area (Å²) >= 11 is 0. The standard InChI is InChI=1S/C20H20N2O4/c1-13-5-8-17(22(25)26)12-18(13)21-20(24)10-9-19(23)16-7-6-14-3-2-4-15(14)11-16/h5-8,11-12H,2-4,9-10H2,1H3,(H,21,24). The van der Waals surface area contributed by atoms with Crippen LogP contribution in [0.4, 0.5) is 11.4 Å². The number of carbonyl (C=O) groups is 2. The van der Waals surface area contributed by atoms with Gasteiger partial charge in [0.1, 0.15) is 0 Å². The second-order valence-corrected chi connectivity index (χ2v) is 6.56. The molecule has 0 aromatic heterocycles. The quantitative estimate of drug-likeness (QED) is 0.483. The van der Waals surface area contributed by atoms with Gasteiger partial charge in [-0.3, -0.25) is 19.7 Å². The van der Waals surface area contributed by atoms with Crippen molar-refractivity contribution >= 4 is 23.1 Å². The molecule has 6 nitrogen and oxygen atoms in total. The number of ketones is 1. The molecule has 134 valence electrons. The molecule has 0 saturated carbocycles. The van der Waals surface area contributed by atoms with Crippen molar-refractivity contribution in [3.63, 3.8) is 0 Å². The number of nitro groups is 1. The zero-order valence-corrected chi connectivity index (χ0v) is 14.6. The second-order valence-electron chi connectivity index (χ2n) is 6.56. The molecule has 1 aliphatic carbocycles. The largest absolute Gasteiger partial charge is 0.326 e. The highest BCUT2D eigenvalue weighted by Crippen LogP contribution is 2.24. The summed E-state index contributed by atoms with van der Waals surface area (Å²) in [6.45, 7) is 1.76. The number of hydrogen-bond donors (Lipinski definition) is 1. The monoisotopic (exact) mass is 352 g/mol. The zero-order valence-electron chi connectivity index (χ0n) is 14.6. The molecule has 3 rings (SSSR count). The molecule has 6 heteroatoms. The van der Waals surface area contributed by atoms with Crippen molar-refractivity contribution < 1.29 is 14.5 Å². The number of benzene rings is 2. The molecule has 1 aliphatic rings. The van der Waals surface area contributed by atoms with Crippen molar-refractivity contribution in [1.29, 1.82) is 0 Å². The summed E-state index contributed by atoms with van der Waals surface area (Å²) in [6, 6.07) is 10.1. The van der Waals surface area contributed by atoms with Gasteiger partial charge in [0.15, 0.2) is 5.78 Å². The molecule has 0 unspecified atom stereocenters. The van der Waals surface area contributed by atoms with Crippen LogP contribution in [-0.4, -0.2) is 16.6 Å². The van der Waals surface area contributed by atoms with Crippen LogP contribution in [0, 0.1) is 17.0 Å². The molecule has 0 fully saturated rings.